The zero-order valence-corrected chi connectivity index (χ0v) is 16.8. The molecule has 1 aromatic heterocycles. The van der Waals surface area contributed by atoms with Crippen molar-refractivity contribution in [2.45, 2.75) is 31.8 Å². The van der Waals surface area contributed by atoms with E-state index in [0.29, 0.717) is 27.9 Å². The Labute approximate surface area is 174 Å². The van der Waals surface area contributed by atoms with Gasteiger partial charge in [0, 0.05) is 23.5 Å². The van der Waals surface area contributed by atoms with Crippen LogP contribution in [-0.2, 0) is 0 Å². The molecule has 1 heterocycles. The molecule has 1 amide bonds. The summed E-state index contributed by atoms with van der Waals surface area (Å²) in [5.74, 6) is 1.19. The lowest BCUT2D eigenvalue weighted by atomic mass is 10.1. The van der Waals surface area contributed by atoms with Crippen molar-refractivity contribution in [1.29, 1.82) is 0 Å². The summed E-state index contributed by atoms with van der Waals surface area (Å²) in [6.07, 6.45) is 3.59. The third kappa shape index (κ3) is 4.69. The second-order valence-corrected chi connectivity index (χ2v) is 7.71. The highest BCUT2D eigenvalue weighted by Gasteiger charge is 2.24. The van der Waals surface area contributed by atoms with Crippen LogP contribution in [0.5, 0.6) is 5.75 Å². The number of aromatic nitrogens is 1. The summed E-state index contributed by atoms with van der Waals surface area (Å²) in [5.41, 5.74) is 9.37. The van der Waals surface area contributed by atoms with Gasteiger partial charge in [0.15, 0.2) is 11.6 Å². The van der Waals surface area contributed by atoms with E-state index in [1.54, 1.807) is 6.07 Å². The first-order valence-electron chi connectivity index (χ1n) is 9.58. The molecule has 1 aliphatic carbocycles. The van der Waals surface area contributed by atoms with Gasteiger partial charge in [-0.2, -0.15) is 0 Å². The highest BCUT2D eigenvalue weighted by atomic mass is 35.5. The Balaban J connectivity index is 1.47. The number of carbonyl (C=O) groups excluding carboxylic acids is 1. The molecular weight excluding hydrogens is 386 g/mol. The molecule has 0 unspecified atom stereocenters. The molecule has 6 heteroatoms. The first-order valence-corrected chi connectivity index (χ1v) is 9.96. The molecule has 5 nitrogen and oxygen atoms in total. The van der Waals surface area contributed by atoms with Gasteiger partial charge in [0.2, 0.25) is 0 Å². The first-order chi connectivity index (χ1) is 14.0. The van der Waals surface area contributed by atoms with Crippen molar-refractivity contribution in [1.82, 2.24) is 4.98 Å². The fraction of sp³-hybridized carbons (Fsp3) is 0.217. The Morgan fingerprint density at radius 1 is 1.21 bits per heavy atom. The number of ether oxygens (including phenoxy) is 1. The molecular formula is C23H22ClN3O2. The molecule has 148 valence electrons. The Kier molecular flexibility index (Phi) is 5.41. The molecule has 1 fully saturated rings. The summed E-state index contributed by atoms with van der Waals surface area (Å²) in [7, 11) is 0. The molecule has 0 saturated heterocycles. The number of nitrogens with zero attached hydrogens (tertiary/aromatic N) is 1. The van der Waals surface area contributed by atoms with Crippen molar-refractivity contribution in [3.05, 3.63) is 82.5 Å². The fourth-order valence-corrected chi connectivity index (χ4v) is 3.36. The third-order valence-electron chi connectivity index (χ3n) is 4.96. The minimum absolute atomic E-state index is 0.124. The van der Waals surface area contributed by atoms with Crippen molar-refractivity contribution in [2.24, 2.45) is 0 Å². The number of benzene rings is 2. The van der Waals surface area contributed by atoms with E-state index < -0.39 is 0 Å². The Morgan fingerprint density at radius 2 is 2.00 bits per heavy atom. The third-order valence-corrected chi connectivity index (χ3v) is 5.17. The van der Waals surface area contributed by atoms with E-state index >= 15 is 0 Å². The van der Waals surface area contributed by atoms with E-state index in [-0.39, 0.29) is 17.8 Å². The zero-order valence-electron chi connectivity index (χ0n) is 16.1. The summed E-state index contributed by atoms with van der Waals surface area (Å²) < 4.78 is 5.92. The van der Waals surface area contributed by atoms with Crippen molar-refractivity contribution in [2.75, 3.05) is 11.1 Å². The van der Waals surface area contributed by atoms with Crippen LogP contribution >= 0.6 is 11.6 Å². The SMILES string of the molecule is C[C@@H](Oc1cc(Cl)cnc1N)c1cccc(NC(=O)c2cccc(C3CC3)c2)c1. The van der Waals surface area contributed by atoms with E-state index in [9.17, 15) is 4.79 Å². The summed E-state index contributed by atoms with van der Waals surface area (Å²) in [6.45, 7) is 1.90. The number of amides is 1. The number of carbonyl (C=O) groups is 1. The molecule has 3 N–H and O–H groups in total. The van der Waals surface area contributed by atoms with Crippen LogP contribution in [0.1, 0.15) is 53.3 Å². The van der Waals surface area contributed by atoms with Crippen molar-refractivity contribution < 1.29 is 9.53 Å². The summed E-state index contributed by atoms with van der Waals surface area (Å²) in [5, 5.41) is 3.43. The topological polar surface area (TPSA) is 77.2 Å². The predicted molar refractivity (Wildman–Crippen MR) is 116 cm³/mol. The molecule has 29 heavy (non-hydrogen) atoms. The van der Waals surface area contributed by atoms with Gasteiger partial charge in [-0.3, -0.25) is 4.79 Å². The maximum atomic E-state index is 12.7. The molecule has 0 aliphatic heterocycles. The van der Waals surface area contributed by atoms with E-state index in [2.05, 4.69) is 16.4 Å². The molecule has 1 saturated carbocycles. The predicted octanol–water partition coefficient (Wildman–Crippen LogP) is 5.59. The molecule has 3 aromatic rings. The largest absolute Gasteiger partial charge is 0.482 e. The molecule has 0 spiro atoms. The van der Waals surface area contributed by atoms with E-state index in [1.165, 1.54) is 24.6 Å². The second kappa shape index (κ2) is 8.13. The number of nitrogens with two attached hydrogens (primary N) is 1. The van der Waals surface area contributed by atoms with Gasteiger partial charge in [-0.15, -0.1) is 0 Å². The fourth-order valence-electron chi connectivity index (χ4n) is 3.21. The number of nitrogen functional groups attached to an aromatic ring is 1. The molecule has 0 bridgehead atoms. The Morgan fingerprint density at radius 3 is 2.79 bits per heavy atom. The lowest BCUT2D eigenvalue weighted by molar-refractivity contribution is 0.102. The number of hydrogen-bond donors (Lipinski definition) is 2. The lowest BCUT2D eigenvalue weighted by Gasteiger charge is -2.17. The van der Waals surface area contributed by atoms with Gasteiger partial charge in [0.05, 0.1) is 5.02 Å². The number of rotatable bonds is 6. The van der Waals surface area contributed by atoms with Gasteiger partial charge in [-0.1, -0.05) is 35.9 Å². The van der Waals surface area contributed by atoms with Crippen molar-refractivity contribution in [3.8, 4) is 5.75 Å². The molecule has 2 aromatic carbocycles. The standard InChI is InChI=1S/C23H22ClN3O2/c1-14(29-21-12-19(24)13-26-22(21)25)16-4-3-7-20(11-16)27-23(28)18-6-2-5-17(10-18)15-8-9-15/h2-7,10-15H,8-9H2,1H3,(H2,25,26)(H,27,28)/t14-/m1/s1. The number of halogens is 1. The minimum Gasteiger partial charge on any atom is -0.482 e. The van der Waals surface area contributed by atoms with Crippen LogP contribution in [0.4, 0.5) is 11.5 Å². The number of pyridine rings is 1. The van der Waals surface area contributed by atoms with E-state index in [1.807, 2.05) is 49.4 Å². The van der Waals surface area contributed by atoms with Gasteiger partial charge in [0.25, 0.3) is 5.91 Å². The Bertz CT molecular complexity index is 1050. The average Bonchev–Trinajstić information content (AvgIpc) is 3.56. The maximum Gasteiger partial charge on any atom is 0.255 e. The lowest BCUT2D eigenvalue weighted by Crippen LogP contribution is -2.13. The monoisotopic (exact) mass is 407 g/mol. The van der Waals surface area contributed by atoms with Gasteiger partial charge in [0.1, 0.15) is 6.10 Å². The highest BCUT2D eigenvalue weighted by Crippen LogP contribution is 2.40. The highest BCUT2D eigenvalue weighted by molar-refractivity contribution is 6.30. The van der Waals surface area contributed by atoms with Crippen LogP contribution in [0.3, 0.4) is 0 Å². The van der Waals surface area contributed by atoms with Crippen LogP contribution in [-0.4, -0.2) is 10.9 Å². The van der Waals surface area contributed by atoms with Gasteiger partial charge in [-0.25, -0.2) is 4.98 Å². The van der Waals surface area contributed by atoms with Crippen LogP contribution < -0.4 is 15.8 Å². The summed E-state index contributed by atoms with van der Waals surface area (Å²) in [4.78, 5) is 16.7. The van der Waals surface area contributed by atoms with Crippen LogP contribution in [0.2, 0.25) is 5.02 Å². The molecule has 0 radical (unpaired) electrons. The van der Waals surface area contributed by atoms with Crippen LogP contribution in [0.15, 0.2) is 60.8 Å². The number of hydrogen-bond acceptors (Lipinski definition) is 4. The van der Waals surface area contributed by atoms with Crippen molar-refractivity contribution >= 4 is 29.0 Å². The second-order valence-electron chi connectivity index (χ2n) is 7.28. The normalized spacial score (nSPS) is 14.3. The van der Waals surface area contributed by atoms with E-state index in [0.717, 1.165) is 5.56 Å². The average molecular weight is 408 g/mol. The quantitative estimate of drug-likeness (QED) is 0.558. The molecule has 4 rings (SSSR count). The smallest absolute Gasteiger partial charge is 0.255 e. The zero-order chi connectivity index (χ0) is 20.4. The minimum atomic E-state index is -0.299. The number of nitrogens with one attached hydrogen (secondary N) is 1. The van der Waals surface area contributed by atoms with Crippen molar-refractivity contribution in [3.63, 3.8) is 0 Å². The van der Waals surface area contributed by atoms with Gasteiger partial charge >= 0.3 is 0 Å². The molecule has 1 atom stereocenters. The maximum absolute atomic E-state index is 12.7. The number of anilines is 2. The van der Waals surface area contributed by atoms with E-state index in [4.69, 9.17) is 22.1 Å². The summed E-state index contributed by atoms with van der Waals surface area (Å²) in [6, 6.07) is 17.0. The van der Waals surface area contributed by atoms with Crippen LogP contribution in [0, 0.1) is 0 Å². The van der Waals surface area contributed by atoms with Gasteiger partial charge in [-0.05, 0) is 61.1 Å². The first kappa shape index (κ1) is 19.3. The Hall–Kier alpha value is -3.05. The van der Waals surface area contributed by atoms with Crippen LogP contribution in [0.25, 0.3) is 0 Å². The molecule has 1 aliphatic rings. The van der Waals surface area contributed by atoms with Gasteiger partial charge < -0.3 is 15.8 Å². The summed E-state index contributed by atoms with van der Waals surface area (Å²) >= 11 is 5.98.